The van der Waals surface area contributed by atoms with E-state index < -0.39 is 29.7 Å². The third kappa shape index (κ3) is 6.59. The lowest BCUT2D eigenvalue weighted by Gasteiger charge is -2.36. The molecule has 268 valence electrons. The molecule has 0 radical (unpaired) electrons. The summed E-state index contributed by atoms with van der Waals surface area (Å²) in [6, 6.07) is 20.2. The third-order valence-corrected chi connectivity index (χ3v) is 9.95. The van der Waals surface area contributed by atoms with E-state index in [2.05, 4.69) is 56.7 Å². The van der Waals surface area contributed by atoms with E-state index in [0.717, 1.165) is 34.6 Å². The summed E-state index contributed by atoms with van der Waals surface area (Å²) in [6.45, 7) is 6.04. The molecule has 1 aliphatic carbocycles. The minimum absolute atomic E-state index is 0.0290. The fourth-order valence-corrected chi connectivity index (χ4v) is 6.85. The molecule has 4 heterocycles. The lowest BCUT2D eigenvalue weighted by atomic mass is 9.78. The number of anilines is 1. The van der Waals surface area contributed by atoms with Crippen LogP contribution in [-0.2, 0) is 15.0 Å². The number of amides is 4. The number of carbonyl (C=O) groups is 4. The van der Waals surface area contributed by atoms with Gasteiger partial charge < -0.3 is 19.3 Å². The van der Waals surface area contributed by atoms with Crippen LogP contribution in [0.2, 0.25) is 0 Å². The van der Waals surface area contributed by atoms with E-state index in [1.165, 1.54) is 6.20 Å². The monoisotopic (exact) mass is 713 g/mol. The minimum Gasteiger partial charge on any atom is -0.490 e. The number of nitrogens with zero attached hydrogens (tertiary/aromatic N) is 5. The molecule has 3 aliphatic rings. The number of benzene rings is 3. The Balaban J connectivity index is 0.839. The van der Waals surface area contributed by atoms with Crippen LogP contribution in [0.3, 0.4) is 0 Å². The molecule has 2 fully saturated rings. The summed E-state index contributed by atoms with van der Waals surface area (Å²) < 4.78 is 17.3. The fourth-order valence-electron chi connectivity index (χ4n) is 6.85. The van der Waals surface area contributed by atoms with E-state index in [9.17, 15) is 19.2 Å². The Morgan fingerprint density at radius 2 is 1.57 bits per heavy atom. The number of rotatable bonds is 10. The van der Waals surface area contributed by atoms with E-state index in [1.807, 2.05) is 36.4 Å². The number of ether oxygens (including phenoxy) is 2. The molecule has 0 spiro atoms. The molecule has 2 N–H and O–H groups in total. The SMILES string of the molecule is Cc1nc(-c2cncc(Oc3ccc(C(C)(C)c4ccc(O[C@H]5C[C@@H](Nc6ccc7c(c6)C(=O)N(C6CCC(=O)NC6=O)C7=O)C5)cc4)cc3)n2)no1. The van der Waals surface area contributed by atoms with Gasteiger partial charge in [0.1, 0.15) is 29.3 Å². The van der Waals surface area contributed by atoms with Crippen molar-refractivity contribution in [1.29, 1.82) is 0 Å². The minimum atomic E-state index is -0.991. The molecule has 1 saturated carbocycles. The van der Waals surface area contributed by atoms with Crippen molar-refractivity contribution in [1.82, 2.24) is 30.3 Å². The van der Waals surface area contributed by atoms with E-state index in [-0.39, 0.29) is 41.5 Å². The van der Waals surface area contributed by atoms with Crippen molar-refractivity contribution in [3.63, 3.8) is 0 Å². The van der Waals surface area contributed by atoms with Crippen LogP contribution in [0.5, 0.6) is 17.4 Å². The second-order valence-electron chi connectivity index (χ2n) is 13.9. The maximum atomic E-state index is 13.2. The number of carbonyl (C=O) groups excluding carboxylic acids is 4. The van der Waals surface area contributed by atoms with Gasteiger partial charge in [-0.05, 0) is 60.0 Å². The number of piperidine rings is 1. The first kappa shape index (κ1) is 33.7. The second-order valence-corrected chi connectivity index (χ2v) is 13.9. The van der Waals surface area contributed by atoms with Crippen LogP contribution < -0.4 is 20.1 Å². The highest BCUT2D eigenvalue weighted by molar-refractivity contribution is 6.23. The maximum absolute atomic E-state index is 13.2. The Morgan fingerprint density at radius 1 is 0.868 bits per heavy atom. The normalized spacial score (nSPS) is 19.8. The smallest absolute Gasteiger partial charge is 0.262 e. The highest BCUT2D eigenvalue weighted by atomic mass is 16.5. The van der Waals surface area contributed by atoms with E-state index >= 15 is 0 Å². The Hall–Kier alpha value is -6.44. The average molecular weight is 714 g/mol. The van der Waals surface area contributed by atoms with Gasteiger partial charge in [0.2, 0.25) is 29.4 Å². The largest absolute Gasteiger partial charge is 0.490 e. The zero-order valence-corrected chi connectivity index (χ0v) is 29.2. The van der Waals surface area contributed by atoms with Crippen LogP contribution in [-0.4, -0.2) is 66.8 Å². The zero-order valence-electron chi connectivity index (χ0n) is 29.2. The first-order chi connectivity index (χ1) is 25.5. The van der Waals surface area contributed by atoms with Crippen LogP contribution in [0, 0.1) is 6.92 Å². The molecule has 0 bridgehead atoms. The molecule has 1 unspecified atom stereocenters. The van der Waals surface area contributed by atoms with Crippen molar-refractivity contribution in [2.45, 2.75) is 70.1 Å². The van der Waals surface area contributed by atoms with Gasteiger partial charge in [-0.3, -0.25) is 34.4 Å². The fraction of sp³-hybridized carbons (Fsp3) is 0.282. The average Bonchev–Trinajstić information content (AvgIpc) is 3.67. The second kappa shape index (κ2) is 13.3. The summed E-state index contributed by atoms with van der Waals surface area (Å²) in [5, 5.41) is 9.54. The molecule has 2 aromatic heterocycles. The van der Waals surface area contributed by atoms with Crippen LogP contribution in [0.25, 0.3) is 11.5 Å². The van der Waals surface area contributed by atoms with E-state index in [4.69, 9.17) is 14.0 Å². The van der Waals surface area contributed by atoms with Crippen LogP contribution in [0.1, 0.15) is 77.3 Å². The first-order valence-electron chi connectivity index (χ1n) is 17.3. The number of aromatic nitrogens is 4. The van der Waals surface area contributed by atoms with Gasteiger partial charge in [-0.2, -0.15) is 4.98 Å². The van der Waals surface area contributed by atoms with E-state index in [1.54, 1.807) is 31.3 Å². The number of nitrogens with one attached hydrogen (secondary N) is 2. The van der Waals surface area contributed by atoms with Crippen molar-refractivity contribution >= 4 is 29.3 Å². The van der Waals surface area contributed by atoms with Crippen LogP contribution in [0.4, 0.5) is 5.69 Å². The lowest BCUT2D eigenvalue weighted by Crippen LogP contribution is -2.54. The predicted molar refractivity (Wildman–Crippen MR) is 189 cm³/mol. The van der Waals surface area contributed by atoms with Gasteiger partial charge >= 0.3 is 0 Å². The summed E-state index contributed by atoms with van der Waals surface area (Å²) in [7, 11) is 0. The van der Waals surface area contributed by atoms with Crippen molar-refractivity contribution < 1.29 is 33.2 Å². The molecule has 5 aromatic rings. The van der Waals surface area contributed by atoms with Gasteiger partial charge in [-0.15, -0.1) is 0 Å². The molecule has 14 nitrogen and oxygen atoms in total. The Labute approximate surface area is 303 Å². The molecule has 1 saturated heterocycles. The van der Waals surface area contributed by atoms with Gasteiger partial charge in [-0.25, -0.2) is 4.98 Å². The maximum Gasteiger partial charge on any atom is 0.262 e. The molecule has 8 rings (SSSR count). The third-order valence-electron chi connectivity index (χ3n) is 9.95. The Kier molecular flexibility index (Phi) is 8.44. The van der Waals surface area contributed by atoms with Gasteiger partial charge in [0.25, 0.3) is 11.8 Å². The number of hydrogen-bond acceptors (Lipinski definition) is 12. The van der Waals surface area contributed by atoms with Gasteiger partial charge in [0.05, 0.1) is 23.5 Å². The quantitative estimate of drug-likeness (QED) is 0.177. The number of hydrogen-bond donors (Lipinski definition) is 2. The molecular weight excluding hydrogens is 678 g/mol. The van der Waals surface area contributed by atoms with Gasteiger partial charge in [0, 0.05) is 43.3 Å². The highest BCUT2D eigenvalue weighted by Gasteiger charge is 2.45. The summed E-state index contributed by atoms with van der Waals surface area (Å²) in [5.41, 5.74) is 3.61. The predicted octanol–water partition coefficient (Wildman–Crippen LogP) is 5.38. The number of fused-ring (bicyclic) bond motifs is 1. The Morgan fingerprint density at radius 3 is 2.25 bits per heavy atom. The van der Waals surface area contributed by atoms with Crippen LogP contribution in [0.15, 0.2) is 83.6 Å². The summed E-state index contributed by atoms with van der Waals surface area (Å²) in [4.78, 5) is 63.9. The lowest BCUT2D eigenvalue weighted by molar-refractivity contribution is -0.136. The topological polar surface area (TPSA) is 179 Å². The molecule has 1 atom stereocenters. The van der Waals surface area contributed by atoms with Crippen molar-refractivity contribution in [3.8, 4) is 28.9 Å². The van der Waals surface area contributed by atoms with Gasteiger partial charge in [-0.1, -0.05) is 43.3 Å². The first-order valence-corrected chi connectivity index (χ1v) is 17.3. The molecule has 2 aliphatic heterocycles. The molecule has 4 amide bonds. The molecular formula is C39H35N7O7. The van der Waals surface area contributed by atoms with E-state index in [0.29, 0.717) is 34.7 Å². The molecule has 53 heavy (non-hydrogen) atoms. The zero-order chi connectivity index (χ0) is 36.9. The highest BCUT2D eigenvalue weighted by Crippen LogP contribution is 2.36. The van der Waals surface area contributed by atoms with Crippen molar-refractivity contribution in [2.75, 3.05) is 5.32 Å². The number of imide groups is 2. The Bertz CT molecular complexity index is 2250. The molecule has 14 heteroatoms. The summed E-state index contributed by atoms with van der Waals surface area (Å²) >= 11 is 0. The summed E-state index contributed by atoms with van der Waals surface area (Å²) in [6.07, 6.45) is 4.83. The molecule has 3 aromatic carbocycles. The van der Waals surface area contributed by atoms with Crippen LogP contribution >= 0.6 is 0 Å². The van der Waals surface area contributed by atoms with Gasteiger partial charge in [0.15, 0.2) is 0 Å². The standard InChI is InChI=1S/C39H35N7O7/c1-21-41-35(45-53-21)31-19-40-20-34(43-31)52-27-11-6-23(7-12-27)39(2,3)22-4-9-26(10-5-22)51-28-16-25(17-28)42-24-8-13-29-30(18-24)38(50)46(37(29)49)32-14-15-33(47)44-36(32)48/h4-13,18-20,25,28,32,42H,14-17H2,1-3H3,(H,44,47,48)/t25-,28+,32?. The number of aryl methyl sites for hydroxylation is 1. The van der Waals surface area contributed by atoms with Crippen molar-refractivity contribution in [3.05, 3.63) is 107 Å². The summed E-state index contributed by atoms with van der Waals surface area (Å²) in [5.74, 6) is 0.424. The van der Waals surface area contributed by atoms with Crippen molar-refractivity contribution in [2.24, 2.45) is 0 Å².